The van der Waals surface area contributed by atoms with Crippen molar-refractivity contribution in [2.45, 2.75) is 66.2 Å². The Bertz CT molecular complexity index is 1430. The SMILES string of the molecule is CCc1c(C)[nH]c(C(=C2N=C3C(=C2C)CCc2ccccc23)c2ccc(CCCC(N)=O)cc2)c1C. The van der Waals surface area contributed by atoms with E-state index in [1.807, 2.05) is 0 Å². The van der Waals surface area contributed by atoms with Gasteiger partial charge < -0.3 is 10.7 Å². The molecule has 2 aliphatic rings. The van der Waals surface area contributed by atoms with Gasteiger partial charge in [0.05, 0.1) is 17.1 Å². The van der Waals surface area contributed by atoms with E-state index < -0.39 is 0 Å². The molecule has 0 fully saturated rings. The Morgan fingerprint density at radius 1 is 1.03 bits per heavy atom. The van der Waals surface area contributed by atoms with Crippen LogP contribution in [0.15, 0.2) is 70.4 Å². The van der Waals surface area contributed by atoms with Gasteiger partial charge in [0.25, 0.3) is 0 Å². The van der Waals surface area contributed by atoms with E-state index in [0.717, 1.165) is 54.8 Å². The van der Waals surface area contributed by atoms with Crippen molar-refractivity contribution in [2.75, 3.05) is 0 Å². The summed E-state index contributed by atoms with van der Waals surface area (Å²) in [7, 11) is 0. The number of H-pyrrole nitrogens is 1. The van der Waals surface area contributed by atoms with Crippen LogP contribution < -0.4 is 5.73 Å². The van der Waals surface area contributed by atoms with E-state index in [9.17, 15) is 4.79 Å². The number of nitrogens with one attached hydrogen (secondary N) is 1. The Kier molecular flexibility index (Phi) is 6.53. The number of amides is 1. The minimum atomic E-state index is -0.241. The van der Waals surface area contributed by atoms with E-state index in [2.05, 4.69) is 81.2 Å². The maximum absolute atomic E-state index is 11.1. The van der Waals surface area contributed by atoms with Crippen LogP contribution in [0, 0.1) is 13.8 Å². The van der Waals surface area contributed by atoms with Gasteiger partial charge in [-0.1, -0.05) is 55.5 Å². The van der Waals surface area contributed by atoms with Gasteiger partial charge in [0.2, 0.25) is 5.91 Å². The fraction of sp³-hybridized carbons (Fsp3) is 0.312. The zero-order valence-corrected chi connectivity index (χ0v) is 21.8. The molecule has 2 aromatic carbocycles. The molecular weight excluding hydrogens is 442 g/mol. The average molecular weight is 478 g/mol. The molecule has 1 amide bonds. The molecule has 5 rings (SSSR count). The van der Waals surface area contributed by atoms with Gasteiger partial charge in [0.1, 0.15) is 0 Å². The highest BCUT2D eigenvalue weighted by atomic mass is 16.1. The van der Waals surface area contributed by atoms with Crippen LogP contribution in [0.2, 0.25) is 0 Å². The fourth-order valence-corrected chi connectivity index (χ4v) is 5.86. The van der Waals surface area contributed by atoms with Crippen LogP contribution in [0.3, 0.4) is 0 Å². The first-order chi connectivity index (χ1) is 17.4. The number of benzene rings is 2. The molecule has 0 saturated carbocycles. The number of aryl methyl sites for hydroxylation is 3. The first-order valence-corrected chi connectivity index (χ1v) is 13.1. The van der Waals surface area contributed by atoms with E-state index in [1.54, 1.807) is 0 Å². The third kappa shape index (κ3) is 4.26. The number of hydrogen-bond donors (Lipinski definition) is 2. The van der Waals surface area contributed by atoms with E-state index >= 15 is 0 Å². The topological polar surface area (TPSA) is 71.2 Å². The van der Waals surface area contributed by atoms with Gasteiger partial charge in [-0.2, -0.15) is 0 Å². The monoisotopic (exact) mass is 477 g/mol. The quantitative estimate of drug-likeness (QED) is 0.399. The lowest BCUT2D eigenvalue weighted by molar-refractivity contribution is -0.118. The Labute approximate surface area is 214 Å². The van der Waals surface area contributed by atoms with Gasteiger partial charge in [-0.3, -0.25) is 4.79 Å². The van der Waals surface area contributed by atoms with Crippen molar-refractivity contribution in [3.8, 4) is 0 Å². The van der Waals surface area contributed by atoms with Crippen molar-refractivity contribution >= 4 is 17.2 Å². The van der Waals surface area contributed by atoms with Gasteiger partial charge >= 0.3 is 0 Å². The molecular formula is C32H35N3O. The van der Waals surface area contributed by atoms with Crippen molar-refractivity contribution < 1.29 is 4.79 Å². The zero-order chi connectivity index (χ0) is 25.4. The van der Waals surface area contributed by atoms with Crippen molar-refractivity contribution in [1.29, 1.82) is 0 Å². The first-order valence-electron chi connectivity index (χ1n) is 13.1. The summed E-state index contributed by atoms with van der Waals surface area (Å²) >= 11 is 0. The third-order valence-corrected chi connectivity index (χ3v) is 7.80. The van der Waals surface area contributed by atoms with Crippen LogP contribution in [0.5, 0.6) is 0 Å². The standard InChI is InChI=1S/C32H35N3O/c1-5-25-19(2)30(34-21(25)4)29(24-15-13-22(14-16-24)9-8-12-28(33)36)31-20(3)26-18-17-23-10-6-7-11-27(23)32(26)35-31/h6-7,10-11,13-16,34H,5,8-9,12,17-18H2,1-4H3,(H2,33,36). The lowest BCUT2D eigenvalue weighted by Gasteiger charge is -2.18. The molecule has 0 radical (unpaired) electrons. The molecule has 4 nitrogen and oxygen atoms in total. The maximum Gasteiger partial charge on any atom is 0.217 e. The van der Waals surface area contributed by atoms with Gasteiger partial charge in [-0.25, -0.2) is 4.99 Å². The molecule has 3 aromatic rings. The molecule has 1 aromatic heterocycles. The Morgan fingerprint density at radius 2 is 1.78 bits per heavy atom. The largest absolute Gasteiger partial charge is 0.370 e. The predicted octanol–water partition coefficient (Wildman–Crippen LogP) is 6.53. The number of allylic oxidation sites excluding steroid dienone is 2. The molecule has 0 atom stereocenters. The van der Waals surface area contributed by atoms with E-state index in [4.69, 9.17) is 10.7 Å². The second-order valence-electron chi connectivity index (χ2n) is 10.0. The van der Waals surface area contributed by atoms with Crippen molar-refractivity contribution in [3.05, 3.63) is 110 Å². The highest BCUT2D eigenvalue weighted by molar-refractivity contribution is 6.18. The number of nitrogens with two attached hydrogens (primary N) is 1. The summed E-state index contributed by atoms with van der Waals surface area (Å²) in [4.78, 5) is 20.2. The molecule has 1 aliphatic carbocycles. The van der Waals surface area contributed by atoms with E-state index in [1.165, 1.54) is 50.2 Å². The van der Waals surface area contributed by atoms with Gasteiger partial charge in [-0.15, -0.1) is 0 Å². The van der Waals surface area contributed by atoms with Crippen LogP contribution in [0.4, 0.5) is 0 Å². The maximum atomic E-state index is 11.1. The average Bonchev–Trinajstić information content (AvgIpc) is 3.35. The molecule has 4 heteroatoms. The number of fused-ring (bicyclic) bond motifs is 3. The Hall–Kier alpha value is -3.66. The summed E-state index contributed by atoms with van der Waals surface area (Å²) < 4.78 is 0. The number of aliphatic imine (C=N–C) groups is 1. The highest BCUT2D eigenvalue weighted by Gasteiger charge is 2.30. The van der Waals surface area contributed by atoms with Gasteiger partial charge in [0, 0.05) is 23.3 Å². The number of rotatable bonds is 7. The number of aromatic nitrogens is 1. The smallest absolute Gasteiger partial charge is 0.217 e. The predicted molar refractivity (Wildman–Crippen MR) is 148 cm³/mol. The summed E-state index contributed by atoms with van der Waals surface area (Å²) in [5.74, 6) is -0.241. The van der Waals surface area contributed by atoms with Crippen LogP contribution in [-0.4, -0.2) is 16.6 Å². The number of nitrogens with zero attached hydrogens (tertiary/aromatic N) is 1. The Morgan fingerprint density at radius 3 is 2.47 bits per heavy atom. The molecule has 36 heavy (non-hydrogen) atoms. The fourth-order valence-electron chi connectivity index (χ4n) is 5.86. The van der Waals surface area contributed by atoms with Crippen LogP contribution in [0.25, 0.3) is 5.57 Å². The number of primary amides is 1. The van der Waals surface area contributed by atoms with Crippen molar-refractivity contribution in [1.82, 2.24) is 4.98 Å². The van der Waals surface area contributed by atoms with Crippen molar-refractivity contribution in [2.24, 2.45) is 10.7 Å². The minimum Gasteiger partial charge on any atom is -0.370 e. The first kappa shape index (κ1) is 24.1. The zero-order valence-electron chi connectivity index (χ0n) is 21.8. The van der Waals surface area contributed by atoms with Crippen LogP contribution in [-0.2, 0) is 24.1 Å². The second kappa shape index (κ2) is 9.77. The van der Waals surface area contributed by atoms with Crippen molar-refractivity contribution in [3.63, 3.8) is 0 Å². The van der Waals surface area contributed by atoms with Gasteiger partial charge in [-0.05, 0) is 91.8 Å². The summed E-state index contributed by atoms with van der Waals surface area (Å²) in [5, 5.41) is 0. The summed E-state index contributed by atoms with van der Waals surface area (Å²) in [6, 6.07) is 17.4. The number of aromatic amines is 1. The Balaban J connectivity index is 1.66. The summed E-state index contributed by atoms with van der Waals surface area (Å²) in [5.41, 5.74) is 21.5. The minimum absolute atomic E-state index is 0.241. The van der Waals surface area contributed by atoms with E-state index in [0.29, 0.717) is 6.42 Å². The lowest BCUT2D eigenvalue weighted by Crippen LogP contribution is -2.13. The molecule has 184 valence electrons. The molecule has 0 bridgehead atoms. The molecule has 0 spiro atoms. The number of hydrogen-bond acceptors (Lipinski definition) is 2. The normalized spacial score (nSPS) is 16.1. The molecule has 3 N–H and O–H groups in total. The van der Waals surface area contributed by atoms with Crippen LogP contribution in [0.1, 0.15) is 77.9 Å². The second-order valence-corrected chi connectivity index (χ2v) is 10.0. The lowest BCUT2D eigenvalue weighted by atomic mass is 9.85. The van der Waals surface area contributed by atoms with E-state index in [-0.39, 0.29) is 5.91 Å². The number of carbonyl (C=O) groups is 1. The molecule has 2 heterocycles. The van der Waals surface area contributed by atoms with Gasteiger partial charge in [0.15, 0.2) is 0 Å². The summed E-state index contributed by atoms with van der Waals surface area (Å²) in [6.45, 7) is 8.85. The molecule has 0 saturated heterocycles. The molecule has 0 unspecified atom stereocenters. The highest BCUT2D eigenvalue weighted by Crippen LogP contribution is 2.42. The molecule has 1 aliphatic heterocycles. The number of carbonyl (C=O) groups excluding carboxylic acids is 1. The third-order valence-electron chi connectivity index (χ3n) is 7.80. The van der Waals surface area contributed by atoms with Crippen LogP contribution >= 0.6 is 0 Å². The summed E-state index contributed by atoms with van der Waals surface area (Å²) in [6.07, 6.45) is 5.12.